The molecule has 1 heterocycles. The van der Waals surface area contributed by atoms with E-state index in [-0.39, 0.29) is 5.91 Å². The molecular formula is C21H30N4OS. The molecule has 1 aromatic carbocycles. The SMILES string of the molecule is CSc1nnc(CCCNC(=O)CCc2ccc(C)cc2)n1C1CCCC1. The van der Waals surface area contributed by atoms with E-state index in [0.717, 1.165) is 30.2 Å². The normalized spacial score (nSPS) is 14.6. The van der Waals surface area contributed by atoms with Crippen LogP contribution in [-0.2, 0) is 17.6 Å². The first-order valence-electron chi connectivity index (χ1n) is 9.97. The van der Waals surface area contributed by atoms with E-state index in [2.05, 4.69) is 57.5 Å². The highest BCUT2D eigenvalue weighted by molar-refractivity contribution is 7.98. The summed E-state index contributed by atoms with van der Waals surface area (Å²) in [5.41, 5.74) is 2.46. The minimum absolute atomic E-state index is 0.123. The quantitative estimate of drug-likeness (QED) is 0.520. The van der Waals surface area contributed by atoms with Gasteiger partial charge in [-0.25, -0.2) is 0 Å². The Kier molecular flexibility index (Phi) is 7.33. The van der Waals surface area contributed by atoms with Gasteiger partial charge in [-0.15, -0.1) is 10.2 Å². The fourth-order valence-corrected chi connectivity index (χ4v) is 4.30. The summed E-state index contributed by atoms with van der Waals surface area (Å²) in [4.78, 5) is 12.1. The molecule has 0 radical (unpaired) electrons. The van der Waals surface area contributed by atoms with Crippen LogP contribution in [-0.4, -0.2) is 33.5 Å². The molecule has 0 unspecified atom stereocenters. The van der Waals surface area contributed by atoms with Gasteiger partial charge >= 0.3 is 0 Å². The van der Waals surface area contributed by atoms with Crippen LogP contribution in [0.5, 0.6) is 0 Å². The maximum absolute atomic E-state index is 12.1. The first kappa shape index (κ1) is 19.9. The smallest absolute Gasteiger partial charge is 0.220 e. The van der Waals surface area contributed by atoms with Crippen molar-refractivity contribution < 1.29 is 4.79 Å². The van der Waals surface area contributed by atoms with Gasteiger partial charge in [0.15, 0.2) is 5.16 Å². The molecule has 27 heavy (non-hydrogen) atoms. The number of hydrogen-bond acceptors (Lipinski definition) is 4. The average molecular weight is 387 g/mol. The molecule has 1 N–H and O–H groups in total. The summed E-state index contributed by atoms with van der Waals surface area (Å²) in [6.07, 6.45) is 10.2. The van der Waals surface area contributed by atoms with E-state index in [1.165, 1.54) is 36.8 Å². The van der Waals surface area contributed by atoms with Crippen molar-refractivity contribution in [2.45, 2.75) is 69.5 Å². The Labute approximate surface area is 166 Å². The van der Waals surface area contributed by atoms with Crippen molar-refractivity contribution in [3.8, 4) is 0 Å². The highest BCUT2D eigenvalue weighted by atomic mass is 32.2. The number of carbonyl (C=O) groups is 1. The summed E-state index contributed by atoms with van der Waals surface area (Å²) in [6, 6.07) is 8.94. The highest BCUT2D eigenvalue weighted by Gasteiger charge is 2.23. The van der Waals surface area contributed by atoms with Gasteiger partial charge in [-0.05, 0) is 44.4 Å². The van der Waals surface area contributed by atoms with Crippen LogP contribution in [0, 0.1) is 6.92 Å². The van der Waals surface area contributed by atoms with E-state index >= 15 is 0 Å². The summed E-state index contributed by atoms with van der Waals surface area (Å²) in [6.45, 7) is 2.77. The third-order valence-electron chi connectivity index (χ3n) is 5.27. The van der Waals surface area contributed by atoms with Gasteiger partial charge in [0.1, 0.15) is 5.82 Å². The molecule has 1 amide bonds. The number of nitrogens with one attached hydrogen (secondary N) is 1. The first-order chi connectivity index (χ1) is 13.2. The van der Waals surface area contributed by atoms with Crippen LogP contribution in [0.4, 0.5) is 0 Å². The molecule has 0 saturated heterocycles. The van der Waals surface area contributed by atoms with Gasteiger partial charge in [0.25, 0.3) is 0 Å². The number of aryl methyl sites for hydroxylation is 3. The van der Waals surface area contributed by atoms with Crippen molar-refractivity contribution in [3.05, 3.63) is 41.2 Å². The molecule has 0 bridgehead atoms. The van der Waals surface area contributed by atoms with Crippen LogP contribution in [0.2, 0.25) is 0 Å². The number of benzene rings is 1. The zero-order valence-corrected chi connectivity index (χ0v) is 17.2. The summed E-state index contributed by atoms with van der Waals surface area (Å²) in [5.74, 6) is 1.19. The van der Waals surface area contributed by atoms with Crippen molar-refractivity contribution >= 4 is 17.7 Å². The molecule has 1 aliphatic rings. The van der Waals surface area contributed by atoms with Gasteiger partial charge in [0, 0.05) is 25.4 Å². The minimum atomic E-state index is 0.123. The van der Waals surface area contributed by atoms with E-state index in [1.54, 1.807) is 11.8 Å². The van der Waals surface area contributed by atoms with Crippen molar-refractivity contribution in [3.63, 3.8) is 0 Å². The summed E-state index contributed by atoms with van der Waals surface area (Å²) in [5, 5.41) is 12.8. The van der Waals surface area contributed by atoms with Gasteiger partial charge in [-0.2, -0.15) is 0 Å². The molecule has 1 aromatic heterocycles. The van der Waals surface area contributed by atoms with Crippen LogP contribution in [0.3, 0.4) is 0 Å². The Morgan fingerprint density at radius 3 is 2.63 bits per heavy atom. The van der Waals surface area contributed by atoms with Crippen LogP contribution in [0.15, 0.2) is 29.4 Å². The maximum Gasteiger partial charge on any atom is 0.220 e. The summed E-state index contributed by atoms with van der Waals surface area (Å²) in [7, 11) is 0. The highest BCUT2D eigenvalue weighted by Crippen LogP contribution is 2.33. The topological polar surface area (TPSA) is 59.8 Å². The average Bonchev–Trinajstić information content (AvgIpc) is 3.33. The molecule has 0 aliphatic heterocycles. The molecule has 5 nitrogen and oxygen atoms in total. The van der Waals surface area contributed by atoms with E-state index in [0.29, 0.717) is 19.0 Å². The Morgan fingerprint density at radius 2 is 1.93 bits per heavy atom. The number of rotatable bonds is 9. The molecule has 3 rings (SSSR count). The Bertz CT molecular complexity index is 735. The summed E-state index contributed by atoms with van der Waals surface area (Å²) < 4.78 is 2.34. The molecule has 1 fully saturated rings. The lowest BCUT2D eigenvalue weighted by atomic mass is 10.1. The second kappa shape index (κ2) is 9.93. The second-order valence-corrected chi connectivity index (χ2v) is 8.12. The first-order valence-corrected chi connectivity index (χ1v) is 11.2. The van der Waals surface area contributed by atoms with Crippen LogP contribution in [0.1, 0.15) is 61.5 Å². The third-order valence-corrected chi connectivity index (χ3v) is 5.91. The predicted molar refractivity (Wildman–Crippen MR) is 110 cm³/mol. The molecule has 6 heteroatoms. The molecule has 2 aromatic rings. The lowest BCUT2D eigenvalue weighted by Gasteiger charge is -2.16. The van der Waals surface area contributed by atoms with Crippen LogP contribution in [0.25, 0.3) is 0 Å². The Morgan fingerprint density at radius 1 is 1.19 bits per heavy atom. The summed E-state index contributed by atoms with van der Waals surface area (Å²) >= 11 is 1.67. The molecule has 1 aliphatic carbocycles. The lowest BCUT2D eigenvalue weighted by molar-refractivity contribution is -0.121. The van der Waals surface area contributed by atoms with Gasteiger partial charge in [-0.3, -0.25) is 4.79 Å². The monoisotopic (exact) mass is 386 g/mol. The third kappa shape index (κ3) is 5.58. The molecular weight excluding hydrogens is 356 g/mol. The molecule has 0 spiro atoms. The maximum atomic E-state index is 12.1. The lowest BCUT2D eigenvalue weighted by Crippen LogP contribution is -2.25. The number of amides is 1. The zero-order chi connectivity index (χ0) is 19.1. The van der Waals surface area contributed by atoms with Gasteiger partial charge < -0.3 is 9.88 Å². The van der Waals surface area contributed by atoms with E-state index in [9.17, 15) is 4.79 Å². The molecule has 146 valence electrons. The van der Waals surface area contributed by atoms with Gasteiger partial charge in [-0.1, -0.05) is 54.4 Å². The number of nitrogens with zero attached hydrogens (tertiary/aromatic N) is 3. The van der Waals surface area contributed by atoms with Crippen LogP contribution >= 0.6 is 11.8 Å². The minimum Gasteiger partial charge on any atom is -0.356 e. The van der Waals surface area contributed by atoms with Crippen molar-refractivity contribution in [1.82, 2.24) is 20.1 Å². The van der Waals surface area contributed by atoms with Crippen molar-refractivity contribution in [1.29, 1.82) is 0 Å². The van der Waals surface area contributed by atoms with Gasteiger partial charge in [0.2, 0.25) is 5.91 Å². The molecule has 1 saturated carbocycles. The van der Waals surface area contributed by atoms with Crippen LogP contribution < -0.4 is 5.32 Å². The standard InChI is InChI=1S/C21H30N4OS/c1-16-9-11-17(12-10-16)13-14-20(26)22-15-5-8-19-23-24-21(27-2)25(19)18-6-3-4-7-18/h9-12,18H,3-8,13-15H2,1-2H3,(H,22,26). The second-order valence-electron chi connectivity index (χ2n) is 7.35. The van der Waals surface area contributed by atoms with Crippen molar-refractivity contribution in [2.75, 3.05) is 12.8 Å². The van der Waals surface area contributed by atoms with E-state index in [1.807, 2.05) is 0 Å². The zero-order valence-electron chi connectivity index (χ0n) is 16.4. The fraction of sp³-hybridized carbons (Fsp3) is 0.571. The predicted octanol–water partition coefficient (Wildman–Crippen LogP) is 4.11. The fourth-order valence-electron chi connectivity index (χ4n) is 3.72. The largest absolute Gasteiger partial charge is 0.356 e. The van der Waals surface area contributed by atoms with E-state index < -0.39 is 0 Å². The van der Waals surface area contributed by atoms with Gasteiger partial charge in [0.05, 0.1) is 0 Å². The Hall–Kier alpha value is -1.82. The number of thioether (sulfide) groups is 1. The van der Waals surface area contributed by atoms with E-state index in [4.69, 9.17) is 0 Å². The number of carbonyl (C=O) groups excluding carboxylic acids is 1. The van der Waals surface area contributed by atoms with Crippen molar-refractivity contribution in [2.24, 2.45) is 0 Å². The number of aromatic nitrogens is 3. The number of hydrogen-bond donors (Lipinski definition) is 1. The Balaban J connectivity index is 1.41. The molecule has 0 atom stereocenters.